The fourth-order valence-corrected chi connectivity index (χ4v) is 4.63. The summed E-state index contributed by atoms with van der Waals surface area (Å²) in [6.07, 6.45) is 3.59. The van der Waals surface area contributed by atoms with Gasteiger partial charge >= 0.3 is 12.0 Å². The van der Waals surface area contributed by atoms with Gasteiger partial charge in [0.15, 0.2) is 6.61 Å². The number of urea groups is 1. The molecule has 2 atom stereocenters. The average molecular weight is 404 g/mol. The predicted molar refractivity (Wildman–Crippen MR) is 107 cm³/mol. The number of benzene rings is 1. The molecule has 0 spiro atoms. The molecule has 2 N–H and O–H groups in total. The van der Waals surface area contributed by atoms with Crippen molar-refractivity contribution in [1.82, 2.24) is 15.6 Å². The van der Waals surface area contributed by atoms with Gasteiger partial charge in [-0.15, -0.1) is 11.3 Å². The minimum atomic E-state index is -0.640. The average Bonchev–Trinajstić information content (AvgIpc) is 3.09. The molecule has 150 valence electrons. The first-order valence-corrected chi connectivity index (χ1v) is 10.4. The minimum absolute atomic E-state index is 0.00551. The zero-order valence-electron chi connectivity index (χ0n) is 16.1. The van der Waals surface area contributed by atoms with Gasteiger partial charge in [0, 0.05) is 12.0 Å². The van der Waals surface area contributed by atoms with Gasteiger partial charge in [-0.1, -0.05) is 25.0 Å². The number of carbonyl (C=O) groups is 3. The standard InChI is InChI=1S/C20H25N3O4S/c1-12(2)21-20(26)23-17(24)11-27-19(25)14-8-4-3-7-13(14)18-22-15-9-5-6-10-16(15)28-18/h5-6,9-10,12-14H,3-4,7-8,11H2,1-2H3,(H2,21,23,24,26)/t13-,14+/m0/s1. The Labute approximate surface area is 167 Å². The van der Waals surface area contributed by atoms with Crippen LogP contribution in [-0.4, -0.2) is 35.5 Å². The number of imide groups is 1. The summed E-state index contributed by atoms with van der Waals surface area (Å²) >= 11 is 1.61. The molecule has 7 nitrogen and oxygen atoms in total. The highest BCUT2D eigenvalue weighted by molar-refractivity contribution is 7.18. The molecule has 1 saturated carbocycles. The molecule has 0 aliphatic heterocycles. The van der Waals surface area contributed by atoms with Gasteiger partial charge in [0.1, 0.15) is 0 Å². The van der Waals surface area contributed by atoms with E-state index in [4.69, 9.17) is 9.72 Å². The molecule has 1 fully saturated rings. The third-order valence-corrected chi connectivity index (χ3v) is 5.88. The topological polar surface area (TPSA) is 97.4 Å². The normalized spacial score (nSPS) is 19.4. The smallest absolute Gasteiger partial charge is 0.321 e. The first-order valence-electron chi connectivity index (χ1n) is 9.56. The Kier molecular flexibility index (Phi) is 6.61. The lowest BCUT2D eigenvalue weighted by atomic mass is 9.79. The quantitative estimate of drug-likeness (QED) is 0.746. The number of thiazole rings is 1. The maximum absolute atomic E-state index is 12.6. The second-order valence-corrected chi connectivity index (χ2v) is 8.36. The highest BCUT2D eigenvalue weighted by Gasteiger charge is 2.35. The molecule has 3 rings (SSSR count). The second kappa shape index (κ2) is 9.14. The van der Waals surface area contributed by atoms with E-state index in [1.54, 1.807) is 25.2 Å². The molecule has 28 heavy (non-hydrogen) atoms. The third kappa shape index (κ3) is 5.07. The summed E-state index contributed by atoms with van der Waals surface area (Å²) in [5.74, 6) is -1.35. The van der Waals surface area contributed by atoms with Gasteiger partial charge in [-0.25, -0.2) is 9.78 Å². The number of fused-ring (bicyclic) bond motifs is 1. The molecule has 1 aliphatic rings. The number of amides is 3. The van der Waals surface area contributed by atoms with Crippen LogP contribution in [0.2, 0.25) is 0 Å². The summed E-state index contributed by atoms with van der Waals surface area (Å²) in [6, 6.07) is 7.24. The summed E-state index contributed by atoms with van der Waals surface area (Å²) in [6.45, 7) is 3.11. The van der Waals surface area contributed by atoms with Gasteiger partial charge in [0.05, 0.1) is 21.1 Å². The van der Waals surface area contributed by atoms with Crippen molar-refractivity contribution in [2.24, 2.45) is 5.92 Å². The van der Waals surface area contributed by atoms with Crippen LogP contribution in [0.15, 0.2) is 24.3 Å². The number of hydrogen-bond donors (Lipinski definition) is 2. The van der Waals surface area contributed by atoms with Crippen molar-refractivity contribution in [3.63, 3.8) is 0 Å². The van der Waals surface area contributed by atoms with Gasteiger partial charge in [-0.05, 0) is 38.8 Å². The Hall–Kier alpha value is -2.48. The molecule has 1 heterocycles. The van der Waals surface area contributed by atoms with Crippen LogP contribution in [-0.2, 0) is 14.3 Å². The maximum atomic E-state index is 12.6. The molecule has 0 bridgehead atoms. The van der Waals surface area contributed by atoms with E-state index in [1.165, 1.54) is 0 Å². The number of esters is 1. The van der Waals surface area contributed by atoms with Crippen LogP contribution in [0.5, 0.6) is 0 Å². The second-order valence-electron chi connectivity index (χ2n) is 7.30. The van der Waals surface area contributed by atoms with Gasteiger partial charge in [0.25, 0.3) is 5.91 Å². The summed E-state index contributed by atoms with van der Waals surface area (Å²) in [7, 11) is 0. The van der Waals surface area contributed by atoms with Crippen molar-refractivity contribution in [2.45, 2.75) is 51.5 Å². The van der Waals surface area contributed by atoms with Gasteiger partial charge in [-0.2, -0.15) is 0 Å². The molecule has 0 radical (unpaired) electrons. The monoisotopic (exact) mass is 403 g/mol. The summed E-state index contributed by atoms with van der Waals surface area (Å²) in [4.78, 5) is 40.7. The van der Waals surface area contributed by atoms with E-state index in [1.807, 2.05) is 24.3 Å². The molecule has 0 saturated heterocycles. The van der Waals surface area contributed by atoms with E-state index in [0.29, 0.717) is 0 Å². The fraction of sp³-hybridized carbons (Fsp3) is 0.500. The van der Waals surface area contributed by atoms with Gasteiger partial charge in [0.2, 0.25) is 0 Å². The Bertz CT molecular complexity index is 831. The van der Waals surface area contributed by atoms with Crippen molar-refractivity contribution in [3.8, 4) is 0 Å². The van der Waals surface area contributed by atoms with Crippen LogP contribution in [0.1, 0.15) is 50.5 Å². The van der Waals surface area contributed by atoms with Crippen LogP contribution < -0.4 is 10.6 Å². The molecule has 2 aromatic rings. The first-order chi connectivity index (χ1) is 13.4. The van der Waals surface area contributed by atoms with E-state index in [9.17, 15) is 14.4 Å². The highest BCUT2D eigenvalue weighted by Crippen LogP contribution is 2.41. The number of nitrogens with zero attached hydrogens (tertiary/aromatic N) is 1. The molecule has 1 aromatic heterocycles. The molecule has 8 heteroatoms. The molecule has 0 unspecified atom stereocenters. The zero-order valence-corrected chi connectivity index (χ0v) is 16.9. The largest absolute Gasteiger partial charge is 0.455 e. The number of ether oxygens (including phenoxy) is 1. The van der Waals surface area contributed by atoms with Crippen LogP contribution in [0.25, 0.3) is 10.2 Å². The molecular formula is C20H25N3O4S. The minimum Gasteiger partial charge on any atom is -0.455 e. The van der Waals surface area contributed by atoms with Crippen molar-refractivity contribution in [2.75, 3.05) is 6.61 Å². The maximum Gasteiger partial charge on any atom is 0.321 e. The fourth-order valence-electron chi connectivity index (χ4n) is 3.46. The van der Waals surface area contributed by atoms with Crippen LogP contribution >= 0.6 is 11.3 Å². The van der Waals surface area contributed by atoms with Crippen molar-refractivity contribution in [1.29, 1.82) is 0 Å². The third-order valence-electron chi connectivity index (χ3n) is 4.71. The highest BCUT2D eigenvalue weighted by atomic mass is 32.1. The van der Waals surface area contributed by atoms with Gasteiger partial charge < -0.3 is 10.1 Å². The van der Waals surface area contributed by atoms with E-state index in [-0.39, 0.29) is 17.9 Å². The number of nitrogens with one attached hydrogen (secondary N) is 2. The number of hydrogen-bond acceptors (Lipinski definition) is 6. The first kappa shape index (κ1) is 20.3. The van der Waals surface area contributed by atoms with E-state index >= 15 is 0 Å². The van der Waals surface area contributed by atoms with Crippen LogP contribution in [0.4, 0.5) is 4.79 Å². The SMILES string of the molecule is CC(C)NC(=O)NC(=O)COC(=O)[C@@H]1CCCC[C@@H]1c1nc2ccccc2s1. The van der Waals surface area contributed by atoms with E-state index in [0.717, 1.165) is 40.9 Å². The van der Waals surface area contributed by atoms with Crippen molar-refractivity contribution >= 4 is 39.5 Å². The lowest BCUT2D eigenvalue weighted by molar-refractivity contribution is -0.154. The number of rotatable bonds is 5. The molecular weight excluding hydrogens is 378 g/mol. The lowest BCUT2D eigenvalue weighted by Gasteiger charge is -2.28. The van der Waals surface area contributed by atoms with Gasteiger partial charge in [-0.3, -0.25) is 14.9 Å². The van der Waals surface area contributed by atoms with E-state index in [2.05, 4.69) is 10.6 Å². The summed E-state index contributed by atoms with van der Waals surface area (Å²) in [5.41, 5.74) is 0.940. The van der Waals surface area contributed by atoms with Crippen molar-refractivity contribution in [3.05, 3.63) is 29.3 Å². The Morgan fingerprint density at radius 3 is 2.71 bits per heavy atom. The Balaban J connectivity index is 1.61. The summed E-state index contributed by atoms with van der Waals surface area (Å²) in [5, 5.41) is 5.65. The zero-order chi connectivity index (χ0) is 20.1. The number of carbonyl (C=O) groups excluding carboxylic acids is 3. The number of aromatic nitrogens is 1. The number of para-hydroxylation sites is 1. The Morgan fingerprint density at radius 1 is 1.21 bits per heavy atom. The van der Waals surface area contributed by atoms with Crippen LogP contribution in [0, 0.1) is 5.92 Å². The molecule has 3 amide bonds. The van der Waals surface area contributed by atoms with E-state index < -0.39 is 24.5 Å². The Morgan fingerprint density at radius 2 is 1.96 bits per heavy atom. The van der Waals surface area contributed by atoms with Crippen LogP contribution in [0.3, 0.4) is 0 Å². The lowest BCUT2D eigenvalue weighted by Crippen LogP contribution is -2.44. The molecule has 1 aliphatic carbocycles. The van der Waals surface area contributed by atoms with Crippen molar-refractivity contribution < 1.29 is 19.1 Å². The predicted octanol–water partition coefficient (Wildman–Crippen LogP) is 3.35. The summed E-state index contributed by atoms with van der Waals surface area (Å²) < 4.78 is 6.32. The molecule has 1 aromatic carbocycles.